The van der Waals surface area contributed by atoms with Gasteiger partial charge in [0.2, 0.25) is 5.91 Å². The number of aromatic nitrogens is 1. The number of carbonyl (C=O) groups is 2. The van der Waals surface area contributed by atoms with Crippen molar-refractivity contribution in [2.45, 2.75) is 63.9 Å². The highest BCUT2D eigenvalue weighted by molar-refractivity contribution is 5.88. The molecular weight excluding hydrogens is 480 g/mol. The van der Waals surface area contributed by atoms with Crippen molar-refractivity contribution in [1.82, 2.24) is 9.88 Å². The normalized spacial score (nSPS) is 16.4. The van der Waals surface area contributed by atoms with Crippen molar-refractivity contribution in [3.8, 4) is 5.75 Å². The second kappa shape index (κ2) is 10.2. The lowest BCUT2D eigenvalue weighted by molar-refractivity contribution is -0.274. The molecule has 2 atom stereocenters. The largest absolute Gasteiger partial charge is 0.573 e. The van der Waals surface area contributed by atoms with E-state index in [4.69, 9.17) is 0 Å². The van der Waals surface area contributed by atoms with Crippen molar-refractivity contribution in [3.63, 3.8) is 0 Å². The number of aryl methyl sites for hydroxylation is 1. The summed E-state index contributed by atoms with van der Waals surface area (Å²) in [5.74, 6) is -1.97. The van der Waals surface area contributed by atoms with Crippen LogP contribution in [0.15, 0.2) is 42.5 Å². The van der Waals surface area contributed by atoms with Crippen molar-refractivity contribution in [1.29, 1.82) is 0 Å². The second-order valence-corrected chi connectivity index (χ2v) is 8.92. The van der Waals surface area contributed by atoms with Gasteiger partial charge >= 0.3 is 12.3 Å². The van der Waals surface area contributed by atoms with Crippen LogP contribution in [0.1, 0.15) is 49.0 Å². The summed E-state index contributed by atoms with van der Waals surface area (Å²) in [6, 6.07) is 8.83. The minimum Gasteiger partial charge on any atom is -0.480 e. The highest BCUT2D eigenvalue weighted by atomic mass is 19.4. The second-order valence-electron chi connectivity index (χ2n) is 8.92. The van der Waals surface area contributed by atoms with Gasteiger partial charge in [0.05, 0.1) is 0 Å². The number of halogens is 4. The molecule has 0 saturated carbocycles. The minimum absolute atomic E-state index is 0.0755. The monoisotopic (exact) mass is 506 g/mol. The molecular formula is C26H26F4N2O4. The fourth-order valence-corrected chi connectivity index (χ4v) is 4.97. The van der Waals surface area contributed by atoms with E-state index in [1.54, 1.807) is 23.6 Å². The lowest BCUT2D eigenvalue weighted by Gasteiger charge is -2.26. The summed E-state index contributed by atoms with van der Waals surface area (Å²) in [4.78, 5) is 24.5. The van der Waals surface area contributed by atoms with Crippen LogP contribution < -0.4 is 10.1 Å². The summed E-state index contributed by atoms with van der Waals surface area (Å²) in [5, 5.41) is 13.4. The van der Waals surface area contributed by atoms with E-state index in [2.05, 4.69) is 10.1 Å². The van der Waals surface area contributed by atoms with Gasteiger partial charge in [-0.3, -0.25) is 4.79 Å². The van der Waals surface area contributed by atoms with E-state index < -0.39 is 24.2 Å². The third-order valence-corrected chi connectivity index (χ3v) is 6.48. The molecule has 10 heteroatoms. The van der Waals surface area contributed by atoms with Crippen LogP contribution in [-0.4, -0.2) is 34.0 Å². The Morgan fingerprint density at radius 1 is 1.22 bits per heavy atom. The zero-order chi connectivity index (χ0) is 26.0. The number of nitrogens with zero attached hydrogens (tertiary/aromatic N) is 1. The maximum Gasteiger partial charge on any atom is 0.573 e. The number of alkyl halides is 3. The molecule has 1 aliphatic carbocycles. The Labute approximate surface area is 204 Å². The number of hydrogen-bond acceptors (Lipinski definition) is 3. The molecule has 1 amide bonds. The van der Waals surface area contributed by atoms with E-state index in [0.29, 0.717) is 42.1 Å². The van der Waals surface area contributed by atoms with E-state index in [9.17, 15) is 32.3 Å². The molecule has 192 valence electrons. The lowest BCUT2D eigenvalue weighted by atomic mass is 9.91. The molecule has 0 saturated heterocycles. The zero-order valence-corrected chi connectivity index (χ0v) is 19.6. The fourth-order valence-electron chi connectivity index (χ4n) is 4.97. The predicted octanol–water partition coefficient (Wildman–Crippen LogP) is 5.32. The maximum atomic E-state index is 14.1. The Balaban J connectivity index is 1.47. The number of benzene rings is 2. The van der Waals surface area contributed by atoms with Crippen LogP contribution in [0.5, 0.6) is 5.75 Å². The maximum absolute atomic E-state index is 14.1. The van der Waals surface area contributed by atoms with Gasteiger partial charge in [-0.25, -0.2) is 9.18 Å². The first-order chi connectivity index (χ1) is 17.1. The molecule has 3 aromatic rings. The van der Waals surface area contributed by atoms with Gasteiger partial charge in [0.15, 0.2) is 0 Å². The Hall–Kier alpha value is -3.56. The summed E-state index contributed by atoms with van der Waals surface area (Å²) in [6.45, 7) is 1.79. The number of hydrogen-bond donors (Lipinski definition) is 2. The average molecular weight is 506 g/mol. The van der Waals surface area contributed by atoms with Crippen LogP contribution >= 0.6 is 0 Å². The van der Waals surface area contributed by atoms with Crippen LogP contribution in [0.3, 0.4) is 0 Å². The van der Waals surface area contributed by atoms with Crippen LogP contribution in [0.4, 0.5) is 17.6 Å². The number of rotatable bonds is 8. The third-order valence-electron chi connectivity index (χ3n) is 6.48. The van der Waals surface area contributed by atoms with Crippen molar-refractivity contribution in [2.24, 2.45) is 0 Å². The molecule has 2 unspecified atom stereocenters. The number of carboxylic acid groups (broad SMARTS) is 1. The van der Waals surface area contributed by atoms with Gasteiger partial charge in [-0.05, 0) is 73.6 Å². The topological polar surface area (TPSA) is 80.6 Å². The minimum atomic E-state index is -4.79. The molecule has 4 rings (SSSR count). The van der Waals surface area contributed by atoms with E-state index >= 15 is 0 Å². The smallest absolute Gasteiger partial charge is 0.480 e. The summed E-state index contributed by atoms with van der Waals surface area (Å²) in [7, 11) is 0. The van der Waals surface area contributed by atoms with E-state index in [1.807, 2.05) is 0 Å². The zero-order valence-electron chi connectivity index (χ0n) is 19.6. The molecule has 2 aromatic carbocycles. The Bertz CT molecular complexity index is 1280. The molecule has 0 spiro atoms. The first-order valence-corrected chi connectivity index (χ1v) is 11.7. The highest BCUT2D eigenvalue weighted by Gasteiger charge is 2.32. The Morgan fingerprint density at radius 2 is 2.00 bits per heavy atom. The summed E-state index contributed by atoms with van der Waals surface area (Å²) in [5.41, 5.74) is 2.87. The summed E-state index contributed by atoms with van der Waals surface area (Å²) < 4.78 is 57.1. The quantitative estimate of drug-likeness (QED) is 0.405. The molecule has 0 fully saturated rings. The van der Waals surface area contributed by atoms with Crippen LogP contribution in [0.25, 0.3) is 10.9 Å². The van der Waals surface area contributed by atoms with Crippen molar-refractivity contribution in [2.75, 3.05) is 0 Å². The lowest BCUT2D eigenvalue weighted by Crippen LogP contribution is -2.39. The van der Waals surface area contributed by atoms with Crippen molar-refractivity contribution >= 4 is 22.8 Å². The molecule has 0 radical (unpaired) electrons. The average Bonchev–Trinajstić information content (AvgIpc) is 3.10. The van der Waals surface area contributed by atoms with Gasteiger partial charge in [-0.15, -0.1) is 13.2 Å². The SMILES string of the molecule is CCC(C(=O)O)n1c2c(c3cc(F)ccc31)CC(NC(=O)CCc1cccc(OC(F)(F)F)c1)CC2. The van der Waals surface area contributed by atoms with E-state index in [-0.39, 0.29) is 30.5 Å². The van der Waals surface area contributed by atoms with E-state index in [0.717, 1.165) is 11.3 Å². The number of aliphatic carboxylic acids is 1. The number of fused-ring (bicyclic) bond motifs is 3. The predicted molar refractivity (Wildman–Crippen MR) is 124 cm³/mol. The molecule has 1 aliphatic rings. The Morgan fingerprint density at radius 3 is 2.69 bits per heavy atom. The van der Waals surface area contributed by atoms with Gasteiger partial charge in [-0.2, -0.15) is 0 Å². The molecule has 6 nitrogen and oxygen atoms in total. The molecule has 0 aliphatic heterocycles. The summed E-state index contributed by atoms with van der Waals surface area (Å²) >= 11 is 0. The first kappa shape index (κ1) is 25.5. The van der Waals surface area contributed by atoms with E-state index in [1.165, 1.54) is 30.3 Å². The molecule has 1 heterocycles. The standard InChI is InChI=1S/C26H26F4N2O4/c1-2-21(25(34)35)32-22-9-7-16(27)13-19(22)20-14-17(8-10-23(20)32)31-24(33)11-6-15-4-3-5-18(12-15)36-26(28,29)30/h3-5,7,9,12-13,17,21H,2,6,8,10-11,14H2,1H3,(H,31,33)(H,34,35). The van der Waals surface area contributed by atoms with Gasteiger partial charge in [0, 0.05) is 29.1 Å². The van der Waals surface area contributed by atoms with Crippen molar-refractivity contribution in [3.05, 3.63) is 65.1 Å². The number of nitrogens with one attached hydrogen (secondary N) is 1. The molecule has 0 bridgehead atoms. The molecule has 36 heavy (non-hydrogen) atoms. The number of amides is 1. The van der Waals surface area contributed by atoms with Crippen LogP contribution in [0.2, 0.25) is 0 Å². The van der Waals surface area contributed by atoms with Crippen molar-refractivity contribution < 1.29 is 37.0 Å². The number of ether oxygens (including phenoxy) is 1. The highest BCUT2D eigenvalue weighted by Crippen LogP contribution is 2.36. The first-order valence-electron chi connectivity index (χ1n) is 11.7. The van der Waals surface area contributed by atoms with Crippen LogP contribution in [-0.2, 0) is 28.9 Å². The van der Waals surface area contributed by atoms with Gasteiger partial charge in [0.1, 0.15) is 17.6 Å². The third kappa shape index (κ3) is 5.63. The summed E-state index contributed by atoms with van der Waals surface area (Å²) in [6.07, 6.45) is -2.56. The number of carbonyl (C=O) groups excluding carboxylic acids is 1. The Kier molecular flexibility index (Phi) is 7.23. The fraction of sp³-hybridized carbons (Fsp3) is 0.385. The molecule has 2 N–H and O–H groups in total. The van der Waals surface area contributed by atoms with Crippen LogP contribution in [0, 0.1) is 5.82 Å². The van der Waals surface area contributed by atoms with Gasteiger partial charge in [-0.1, -0.05) is 19.1 Å². The number of carboxylic acids is 1. The molecule has 1 aromatic heterocycles. The van der Waals surface area contributed by atoms with Gasteiger partial charge in [0.25, 0.3) is 0 Å². The van der Waals surface area contributed by atoms with Gasteiger partial charge < -0.3 is 19.7 Å².